The summed E-state index contributed by atoms with van der Waals surface area (Å²) in [5.74, 6) is -0.113. The van der Waals surface area contributed by atoms with Crippen molar-refractivity contribution in [3.8, 4) is 0 Å². The normalized spacial score (nSPS) is 21.7. The molecule has 1 aromatic heterocycles. The number of amides is 1. The van der Waals surface area contributed by atoms with E-state index in [1.165, 1.54) is 0 Å². The zero-order valence-corrected chi connectivity index (χ0v) is 11.3. The van der Waals surface area contributed by atoms with Crippen LogP contribution in [0.25, 0.3) is 0 Å². The highest BCUT2D eigenvalue weighted by atomic mass is 32.2. The van der Waals surface area contributed by atoms with Gasteiger partial charge in [0.15, 0.2) is 9.84 Å². The minimum absolute atomic E-state index is 0.158. The number of hydrogen-bond donors (Lipinski definition) is 2. The van der Waals surface area contributed by atoms with E-state index in [0.29, 0.717) is 23.0 Å². The average molecular weight is 286 g/mol. The van der Waals surface area contributed by atoms with Gasteiger partial charge < -0.3 is 10.3 Å². The lowest BCUT2D eigenvalue weighted by molar-refractivity contribution is 0.0952. The standard InChI is InChI=1S/C11H14N2O3S2/c14-10(9-4-1-5-12-11(9)17)13-7-8-3-2-6-18(8,15)16/h1,4-5,8H,2-3,6-7H2,(H,12,17)(H,13,14)/t8-/m0/s1. The Kier molecular flexibility index (Phi) is 3.82. The van der Waals surface area contributed by atoms with Crippen molar-refractivity contribution in [1.82, 2.24) is 10.3 Å². The molecule has 1 aromatic rings. The fourth-order valence-corrected chi connectivity index (χ4v) is 3.98. The molecule has 2 N–H and O–H groups in total. The van der Waals surface area contributed by atoms with Crippen molar-refractivity contribution in [2.45, 2.75) is 18.1 Å². The minimum atomic E-state index is -3.02. The maximum Gasteiger partial charge on any atom is 0.254 e. The van der Waals surface area contributed by atoms with E-state index >= 15 is 0 Å². The van der Waals surface area contributed by atoms with Gasteiger partial charge in [-0.05, 0) is 25.0 Å². The van der Waals surface area contributed by atoms with Crippen LogP contribution >= 0.6 is 12.2 Å². The molecular weight excluding hydrogens is 272 g/mol. The lowest BCUT2D eigenvalue weighted by Gasteiger charge is -2.10. The number of carbonyl (C=O) groups excluding carboxylic acids is 1. The number of nitrogens with one attached hydrogen (secondary N) is 2. The summed E-state index contributed by atoms with van der Waals surface area (Å²) in [7, 11) is -3.02. The Morgan fingerprint density at radius 3 is 2.94 bits per heavy atom. The Bertz CT molecular complexity index is 607. The molecule has 1 aliphatic heterocycles. The van der Waals surface area contributed by atoms with Crippen molar-refractivity contribution in [2.75, 3.05) is 12.3 Å². The Balaban J connectivity index is 2.02. The zero-order chi connectivity index (χ0) is 13.2. The van der Waals surface area contributed by atoms with Gasteiger partial charge in [0, 0.05) is 12.7 Å². The van der Waals surface area contributed by atoms with Crippen LogP contribution in [0.15, 0.2) is 18.3 Å². The fraction of sp³-hybridized carbons (Fsp3) is 0.455. The highest BCUT2D eigenvalue weighted by Crippen LogP contribution is 2.19. The monoisotopic (exact) mass is 286 g/mol. The van der Waals surface area contributed by atoms with Crippen LogP contribution < -0.4 is 5.32 Å². The zero-order valence-electron chi connectivity index (χ0n) is 9.68. The van der Waals surface area contributed by atoms with Gasteiger partial charge in [-0.1, -0.05) is 12.2 Å². The van der Waals surface area contributed by atoms with E-state index in [4.69, 9.17) is 12.2 Å². The first-order valence-corrected chi connectivity index (χ1v) is 7.80. The molecule has 1 amide bonds. The first-order valence-electron chi connectivity index (χ1n) is 5.68. The van der Waals surface area contributed by atoms with E-state index in [1.807, 2.05) is 0 Å². The first-order chi connectivity index (χ1) is 8.50. The summed E-state index contributed by atoms with van der Waals surface area (Å²) in [6.45, 7) is 0.158. The van der Waals surface area contributed by atoms with E-state index in [2.05, 4.69) is 10.3 Å². The molecule has 1 saturated heterocycles. The van der Waals surface area contributed by atoms with Gasteiger partial charge in [0.25, 0.3) is 5.91 Å². The number of pyridine rings is 1. The topological polar surface area (TPSA) is 79.0 Å². The number of aromatic nitrogens is 1. The summed E-state index contributed by atoms with van der Waals surface area (Å²) >= 11 is 4.99. The van der Waals surface area contributed by atoms with Gasteiger partial charge >= 0.3 is 0 Å². The summed E-state index contributed by atoms with van der Waals surface area (Å²) in [6, 6.07) is 3.29. The fourth-order valence-electron chi connectivity index (χ4n) is 1.99. The molecule has 5 nitrogen and oxygen atoms in total. The molecule has 0 spiro atoms. The highest BCUT2D eigenvalue weighted by molar-refractivity contribution is 7.92. The molecule has 0 unspecified atom stereocenters. The molecule has 0 aliphatic carbocycles. The van der Waals surface area contributed by atoms with Crippen LogP contribution in [0.3, 0.4) is 0 Å². The number of rotatable bonds is 3. The van der Waals surface area contributed by atoms with Crippen molar-refractivity contribution in [3.63, 3.8) is 0 Å². The van der Waals surface area contributed by atoms with E-state index < -0.39 is 15.1 Å². The van der Waals surface area contributed by atoms with E-state index in [9.17, 15) is 13.2 Å². The predicted octanol–water partition coefficient (Wildman–Crippen LogP) is 1.05. The quantitative estimate of drug-likeness (QED) is 0.814. The molecule has 7 heteroatoms. The molecular formula is C11H14N2O3S2. The van der Waals surface area contributed by atoms with E-state index in [1.54, 1.807) is 18.3 Å². The van der Waals surface area contributed by atoms with Gasteiger partial charge in [-0.3, -0.25) is 4.79 Å². The first kappa shape index (κ1) is 13.2. The molecule has 0 saturated carbocycles. The number of sulfone groups is 1. The summed E-state index contributed by atoms with van der Waals surface area (Å²) < 4.78 is 23.6. The molecule has 2 rings (SSSR count). The van der Waals surface area contributed by atoms with Gasteiger partial charge in [0.05, 0.1) is 16.6 Å². The lowest BCUT2D eigenvalue weighted by atomic mass is 10.2. The summed E-state index contributed by atoms with van der Waals surface area (Å²) in [5.41, 5.74) is 0.364. The molecule has 1 atom stereocenters. The van der Waals surface area contributed by atoms with Gasteiger partial charge in [-0.2, -0.15) is 0 Å². The second-order valence-corrected chi connectivity index (χ2v) is 7.06. The van der Waals surface area contributed by atoms with Crippen molar-refractivity contribution < 1.29 is 13.2 Å². The second kappa shape index (κ2) is 5.19. The smallest absolute Gasteiger partial charge is 0.254 e. The number of H-pyrrole nitrogens is 1. The van der Waals surface area contributed by atoms with Gasteiger partial charge in [0.1, 0.15) is 4.64 Å². The van der Waals surface area contributed by atoms with Gasteiger partial charge in [0.2, 0.25) is 0 Å². The maximum atomic E-state index is 11.8. The lowest BCUT2D eigenvalue weighted by Crippen LogP contribution is -2.34. The SMILES string of the molecule is O=C(NC[C@@H]1CCCS1(=O)=O)c1ccc[nH]c1=S. The minimum Gasteiger partial charge on any atom is -0.352 e. The van der Waals surface area contributed by atoms with Crippen LogP contribution in [0.2, 0.25) is 0 Å². The van der Waals surface area contributed by atoms with Crippen molar-refractivity contribution >= 4 is 28.0 Å². The Morgan fingerprint density at radius 2 is 2.33 bits per heavy atom. The van der Waals surface area contributed by atoms with Crippen LogP contribution in [0.5, 0.6) is 0 Å². The van der Waals surface area contributed by atoms with Crippen LogP contribution in [0, 0.1) is 4.64 Å². The number of hydrogen-bond acceptors (Lipinski definition) is 4. The molecule has 0 aromatic carbocycles. The molecule has 0 bridgehead atoms. The number of aromatic amines is 1. The van der Waals surface area contributed by atoms with Crippen LogP contribution in [-0.2, 0) is 9.84 Å². The Hall–Kier alpha value is -1.21. The van der Waals surface area contributed by atoms with Gasteiger partial charge in [-0.25, -0.2) is 8.42 Å². The Morgan fingerprint density at radius 1 is 1.56 bits per heavy atom. The van der Waals surface area contributed by atoms with E-state index in [0.717, 1.165) is 0 Å². The summed E-state index contributed by atoms with van der Waals surface area (Å²) in [5, 5.41) is 2.18. The van der Waals surface area contributed by atoms with Crippen molar-refractivity contribution in [1.29, 1.82) is 0 Å². The third-order valence-corrected chi connectivity index (χ3v) is 5.63. The molecule has 0 radical (unpaired) electrons. The third-order valence-electron chi connectivity index (χ3n) is 3.02. The predicted molar refractivity (Wildman–Crippen MR) is 70.8 cm³/mol. The maximum absolute atomic E-state index is 11.8. The molecule has 98 valence electrons. The molecule has 2 heterocycles. The number of carbonyl (C=O) groups is 1. The highest BCUT2D eigenvalue weighted by Gasteiger charge is 2.31. The van der Waals surface area contributed by atoms with Crippen LogP contribution in [-0.4, -0.2) is 36.9 Å². The Labute approximate surface area is 111 Å². The largest absolute Gasteiger partial charge is 0.352 e. The summed E-state index contributed by atoms with van der Waals surface area (Å²) in [6.07, 6.45) is 2.93. The molecule has 1 aliphatic rings. The molecule has 18 heavy (non-hydrogen) atoms. The van der Waals surface area contributed by atoms with Gasteiger partial charge in [-0.15, -0.1) is 0 Å². The molecule has 1 fully saturated rings. The van der Waals surface area contributed by atoms with E-state index in [-0.39, 0.29) is 18.2 Å². The average Bonchev–Trinajstić information content (AvgIpc) is 2.66. The van der Waals surface area contributed by atoms with Crippen molar-refractivity contribution in [3.05, 3.63) is 28.5 Å². The third kappa shape index (κ3) is 2.78. The second-order valence-electron chi connectivity index (χ2n) is 4.25. The van der Waals surface area contributed by atoms with Crippen LogP contribution in [0.4, 0.5) is 0 Å². The van der Waals surface area contributed by atoms with Crippen LogP contribution in [0.1, 0.15) is 23.2 Å². The van der Waals surface area contributed by atoms with Crippen molar-refractivity contribution in [2.24, 2.45) is 0 Å². The summed E-state index contributed by atoms with van der Waals surface area (Å²) in [4.78, 5) is 14.6.